The molecule has 1 aliphatic rings. The van der Waals surface area contributed by atoms with Gasteiger partial charge in [0, 0.05) is 21.2 Å². The van der Waals surface area contributed by atoms with Crippen LogP contribution in [0.3, 0.4) is 0 Å². The number of nitrogens with zero attached hydrogens (tertiary/aromatic N) is 1. The number of carbonyl (C=O) groups is 1. The van der Waals surface area contributed by atoms with Crippen LogP contribution in [0.4, 0.5) is 5.69 Å². The average Bonchev–Trinajstić information content (AvgIpc) is 3.12. The Morgan fingerprint density at radius 1 is 1.12 bits per heavy atom. The molecule has 0 radical (unpaired) electrons. The van der Waals surface area contributed by atoms with E-state index in [4.69, 9.17) is 0 Å². The van der Waals surface area contributed by atoms with Gasteiger partial charge in [0.15, 0.2) is 0 Å². The summed E-state index contributed by atoms with van der Waals surface area (Å²) in [6.07, 6.45) is 0. The summed E-state index contributed by atoms with van der Waals surface area (Å²) in [6, 6.07) is 14.5. The van der Waals surface area contributed by atoms with Gasteiger partial charge in [0.2, 0.25) is 5.91 Å². The second-order valence-electron chi connectivity index (χ2n) is 5.71. The molecule has 0 atom stereocenters. The van der Waals surface area contributed by atoms with Gasteiger partial charge in [-0.3, -0.25) is 9.79 Å². The Balaban J connectivity index is 1.52. The zero-order chi connectivity index (χ0) is 17.6. The molecule has 1 aliphatic heterocycles. The molecule has 0 spiro atoms. The molecule has 2 aromatic carbocycles. The van der Waals surface area contributed by atoms with Crippen molar-refractivity contribution >= 4 is 51.3 Å². The number of nitrogens with one attached hydrogen (secondary N) is 1. The highest BCUT2D eigenvalue weighted by atomic mass is 32.2. The highest BCUT2D eigenvalue weighted by molar-refractivity contribution is 8.39. The van der Waals surface area contributed by atoms with E-state index in [1.807, 2.05) is 24.3 Å². The summed E-state index contributed by atoms with van der Waals surface area (Å²) in [5, 5.41) is 2.94. The molecule has 2 aromatic rings. The lowest BCUT2D eigenvalue weighted by molar-refractivity contribution is -0.113. The van der Waals surface area contributed by atoms with E-state index in [0.29, 0.717) is 5.75 Å². The number of aliphatic imine (C=N–C) groups is 1. The summed E-state index contributed by atoms with van der Waals surface area (Å²) in [7, 11) is 0. The maximum Gasteiger partial charge on any atom is 0.234 e. The highest BCUT2D eigenvalue weighted by Crippen LogP contribution is 2.30. The minimum atomic E-state index is 0.00904. The minimum absolute atomic E-state index is 0.00904. The molecule has 3 nitrogen and oxygen atoms in total. The molecule has 0 unspecified atom stereocenters. The van der Waals surface area contributed by atoms with Crippen molar-refractivity contribution in [2.45, 2.75) is 23.6 Å². The Bertz CT molecular complexity index is 788. The number of carbonyl (C=O) groups excluding carboxylic acids is 1. The first-order chi connectivity index (χ1) is 12.1. The summed E-state index contributed by atoms with van der Waals surface area (Å²) in [5.74, 6) is 1.45. The number of hydrogen-bond donors (Lipinski definition) is 1. The highest BCUT2D eigenvalue weighted by Gasteiger charge is 2.10. The molecule has 0 fully saturated rings. The lowest BCUT2D eigenvalue weighted by Gasteiger charge is -2.08. The molecular weight excluding hydrogens is 368 g/mol. The third-order valence-corrected chi connectivity index (χ3v) is 6.99. The second-order valence-corrected chi connectivity index (χ2v) is 9.16. The van der Waals surface area contributed by atoms with Crippen molar-refractivity contribution in [3.8, 4) is 0 Å². The van der Waals surface area contributed by atoms with Crippen LogP contribution in [0.25, 0.3) is 0 Å². The molecule has 0 saturated heterocycles. The third-order valence-electron chi connectivity index (χ3n) is 3.74. The van der Waals surface area contributed by atoms with Crippen LogP contribution in [0.1, 0.15) is 11.1 Å². The van der Waals surface area contributed by atoms with Crippen LogP contribution in [-0.2, 0) is 4.79 Å². The van der Waals surface area contributed by atoms with Crippen LogP contribution >= 0.6 is 35.3 Å². The first-order valence-corrected chi connectivity index (χ1v) is 10.8. The van der Waals surface area contributed by atoms with Crippen molar-refractivity contribution in [1.82, 2.24) is 0 Å². The van der Waals surface area contributed by atoms with Crippen LogP contribution in [0, 0.1) is 13.8 Å². The van der Waals surface area contributed by atoms with Crippen LogP contribution in [0.2, 0.25) is 0 Å². The van der Waals surface area contributed by atoms with Crippen LogP contribution in [0.15, 0.2) is 57.2 Å². The maximum atomic E-state index is 12.0. The lowest BCUT2D eigenvalue weighted by Crippen LogP contribution is -2.14. The van der Waals surface area contributed by atoms with Crippen molar-refractivity contribution in [3.63, 3.8) is 0 Å². The molecule has 0 saturated carbocycles. The SMILES string of the molecule is Cc1ccc(Sc2ccc(NC(=O)CSC3=NCCS3)cc2)cc1C. The van der Waals surface area contributed by atoms with Gasteiger partial charge in [-0.05, 0) is 61.4 Å². The average molecular weight is 389 g/mol. The first kappa shape index (κ1) is 18.4. The smallest absolute Gasteiger partial charge is 0.234 e. The lowest BCUT2D eigenvalue weighted by atomic mass is 10.1. The Morgan fingerprint density at radius 2 is 1.88 bits per heavy atom. The molecule has 0 aromatic heterocycles. The summed E-state index contributed by atoms with van der Waals surface area (Å²) < 4.78 is 1.02. The van der Waals surface area contributed by atoms with Crippen molar-refractivity contribution in [2.75, 3.05) is 23.4 Å². The van der Waals surface area contributed by atoms with E-state index in [2.05, 4.69) is 42.4 Å². The van der Waals surface area contributed by atoms with E-state index in [1.54, 1.807) is 23.5 Å². The van der Waals surface area contributed by atoms with Crippen LogP contribution in [-0.4, -0.2) is 28.3 Å². The van der Waals surface area contributed by atoms with Gasteiger partial charge in [0.25, 0.3) is 0 Å². The first-order valence-electron chi connectivity index (χ1n) is 8.05. The number of anilines is 1. The number of hydrogen-bond acceptors (Lipinski definition) is 5. The maximum absolute atomic E-state index is 12.0. The molecule has 1 amide bonds. The topological polar surface area (TPSA) is 41.5 Å². The molecule has 1 heterocycles. The number of aryl methyl sites for hydroxylation is 2. The van der Waals surface area contributed by atoms with Gasteiger partial charge < -0.3 is 5.32 Å². The van der Waals surface area contributed by atoms with Gasteiger partial charge >= 0.3 is 0 Å². The molecule has 3 rings (SSSR count). The summed E-state index contributed by atoms with van der Waals surface area (Å²) in [6.45, 7) is 5.12. The summed E-state index contributed by atoms with van der Waals surface area (Å²) >= 11 is 4.97. The second kappa shape index (κ2) is 8.83. The Hall–Kier alpha value is -1.37. The Morgan fingerprint density at radius 3 is 2.56 bits per heavy atom. The summed E-state index contributed by atoms with van der Waals surface area (Å²) in [5.41, 5.74) is 3.44. The fourth-order valence-corrected chi connectivity index (χ4v) is 4.97. The molecule has 1 N–H and O–H groups in total. The fourth-order valence-electron chi connectivity index (χ4n) is 2.25. The molecule has 0 bridgehead atoms. The van der Waals surface area contributed by atoms with Gasteiger partial charge in [0.05, 0.1) is 12.3 Å². The predicted molar refractivity (Wildman–Crippen MR) is 112 cm³/mol. The minimum Gasteiger partial charge on any atom is -0.325 e. The van der Waals surface area contributed by atoms with Crippen molar-refractivity contribution in [1.29, 1.82) is 0 Å². The van der Waals surface area contributed by atoms with E-state index in [9.17, 15) is 4.79 Å². The Kier molecular flexibility index (Phi) is 6.51. The van der Waals surface area contributed by atoms with E-state index < -0.39 is 0 Å². The van der Waals surface area contributed by atoms with E-state index in [-0.39, 0.29) is 5.91 Å². The standard InChI is InChI=1S/C19H20N2OS3/c1-13-3-6-17(11-14(13)2)25-16-7-4-15(5-8-16)21-18(22)12-24-19-20-9-10-23-19/h3-8,11H,9-10,12H2,1-2H3,(H,21,22). The van der Waals surface area contributed by atoms with Crippen LogP contribution in [0.5, 0.6) is 0 Å². The van der Waals surface area contributed by atoms with E-state index in [1.165, 1.54) is 27.8 Å². The van der Waals surface area contributed by atoms with Crippen molar-refractivity contribution in [2.24, 2.45) is 4.99 Å². The van der Waals surface area contributed by atoms with Gasteiger partial charge in [0.1, 0.15) is 4.38 Å². The fraction of sp³-hybridized carbons (Fsp3) is 0.263. The third kappa shape index (κ3) is 5.56. The number of rotatable bonds is 5. The molecule has 0 aliphatic carbocycles. The normalized spacial score (nSPS) is 13.6. The van der Waals surface area contributed by atoms with Gasteiger partial charge in [-0.1, -0.05) is 41.4 Å². The zero-order valence-corrected chi connectivity index (χ0v) is 16.7. The molecule has 6 heteroatoms. The number of thioether (sulfide) groups is 2. The van der Waals surface area contributed by atoms with Gasteiger partial charge in [-0.25, -0.2) is 0 Å². The molecule has 25 heavy (non-hydrogen) atoms. The number of amides is 1. The van der Waals surface area contributed by atoms with E-state index >= 15 is 0 Å². The van der Waals surface area contributed by atoms with Gasteiger partial charge in [-0.15, -0.1) is 0 Å². The zero-order valence-electron chi connectivity index (χ0n) is 14.2. The summed E-state index contributed by atoms with van der Waals surface area (Å²) in [4.78, 5) is 18.7. The van der Waals surface area contributed by atoms with Crippen molar-refractivity contribution in [3.05, 3.63) is 53.6 Å². The van der Waals surface area contributed by atoms with Crippen LogP contribution < -0.4 is 5.32 Å². The monoisotopic (exact) mass is 388 g/mol. The molecular formula is C19H20N2OS3. The quantitative estimate of drug-likeness (QED) is 0.761. The van der Waals surface area contributed by atoms with E-state index in [0.717, 1.165) is 27.3 Å². The molecule has 130 valence electrons. The van der Waals surface area contributed by atoms with Crippen molar-refractivity contribution < 1.29 is 4.79 Å². The Labute approximate surface area is 161 Å². The number of benzene rings is 2. The largest absolute Gasteiger partial charge is 0.325 e. The van der Waals surface area contributed by atoms with Gasteiger partial charge in [-0.2, -0.15) is 0 Å². The predicted octanol–water partition coefficient (Wildman–Crippen LogP) is 5.23.